The summed E-state index contributed by atoms with van der Waals surface area (Å²) in [4.78, 5) is 16.1. The Kier molecular flexibility index (Phi) is 5.56. The maximum atomic E-state index is 11.0. The molecule has 0 atom stereocenters. The van der Waals surface area contributed by atoms with Crippen molar-refractivity contribution in [2.24, 2.45) is 0 Å². The van der Waals surface area contributed by atoms with Crippen LogP contribution in [0.5, 0.6) is 17.2 Å². The molecule has 122 valence electrons. The fraction of sp³-hybridized carbons (Fsp3) is 0.200. The molecule has 0 saturated heterocycles. The van der Waals surface area contributed by atoms with Crippen molar-refractivity contribution in [1.82, 2.24) is 10.5 Å². The average Bonchev–Trinajstić information content (AvgIpc) is 3.07. The Morgan fingerprint density at radius 2 is 1.87 bits per heavy atom. The number of carbonyl (C=O) groups is 1. The number of nitrogens with one attached hydrogen (secondary N) is 1. The first kappa shape index (κ1) is 16.8. The van der Waals surface area contributed by atoms with E-state index in [-0.39, 0.29) is 0 Å². The van der Waals surface area contributed by atoms with Gasteiger partial charge in [-0.1, -0.05) is 0 Å². The molecule has 2 N–H and O–H groups in total. The van der Waals surface area contributed by atoms with Crippen LogP contribution in [-0.4, -0.2) is 37.4 Å². The third-order valence-corrected chi connectivity index (χ3v) is 3.96. The lowest BCUT2D eigenvalue weighted by molar-refractivity contribution is -0.124. The lowest BCUT2D eigenvalue weighted by Gasteiger charge is -2.13. The molecular weight excluding hydrogens is 320 g/mol. The Morgan fingerprint density at radius 1 is 1.22 bits per heavy atom. The minimum atomic E-state index is -0.604. The first-order valence-corrected chi connectivity index (χ1v) is 7.33. The van der Waals surface area contributed by atoms with E-state index in [1.807, 2.05) is 0 Å². The molecule has 1 amide bonds. The molecule has 2 rings (SSSR count). The molecule has 0 fully saturated rings. The first-order valence-electron chi connectivity index (χ1n) is 6.51. The van der Waals surface area contributed by atoms with Gasteiger partial charge in [0.15, 0.2) is 11.5 Å². The first-order chi connectivity index (χ1) is 11.1. The lowest BCUT2D eigenvalue weighted by atomic mass is 10.2. The van der Waals surface area contributed by atoms with Gasteiger partial charge < -0.3 is 14.2 Å². The van der Waals surface area contributed by atoms with Crippen LogP contribution in [0, 0.1) is 0 Å². The summed E-state index contributed by atoms with van der Waals surface area (Å²) in [6, 6.07) is 3.60. The van der Waals surface area contributed by atoms with Crippen molar-refractivity contribution in [1.29, 1.82) is 0 Å². The SMILES string of the molecule is COc1cc(-c2ncc(/C=C/C(=O)NO)s2)cc(OC)c1OC. The molecule has 23 heavy (non-hydrogen) atoms. The molecule has 0 spiro atoms. The number of rotatable bonds is 6. The van der Waals surface area contributed by atoms with Gasteiger partial charge >= 0.3 is 0 Å². The molecule has 7 nitrogen and oxygen atoms in total. The smallest absolute Gasteiger partial charge is 0.267 e. The zero-order valence-corrected chi connectivity index (χ0v) is 13.6. The molecule has 1 aromatic heterocycles. The third-order valence-electron chi connectivity index (χ3n) is 2.94. The molecule has 0 aliphatic rings. The van der Waals surface area contributed by atoms with E-state index < -0.39 is 5.91 Å². The zero-order chi connectivity index (χ0) is 16.8. The van der Waals surface area contributed by atoms with Gasteiger partial charge in [0.05, 0.1) is 21.3 Å². The second-order valence-corrected chi connectivity index (χ2v) is 5.35. The number of nitrogens with zero attached hydrogens (tertiary/aromatic N) is 1. The molecule has 1 aromatic carbocycles. The van der Waals surface area contributed by atoms with Crippen molar-refractivity contribution in [2.45, 2.75) is 0 Å². The number of aromatic nitrogens is 1. The molecule has 0 unspecified atom stereocenters. The highest BCUT2D eigenvalue weighted by Gasteiger charge is 2.15. The summed E-state index contributed by atoms with van der Waals surface area (Å²) in [5.74, 6) is 0.977. The molecule has 0 aliphatic heterocycles. The van der Waals surface area contributed by atoms with E-state index in [1.54, 1.807) is 45.7 Å². The summed E-state index contributed by atoms with van der Waals surface area (Å²) in [6.45, 7) is 0. The molecule has 1 heterocycles. The van der Waals surface area contributed by atoms with Gasteiger partial charge in [-0.25, -0.2) is 10.5 Å². The summed E-state index contributed by atoms with van der Waals surface area (Å²) in [7, 11) is 4.63. The van der Waals surface area contributed by atoms with Gasteiger partial charge in [-0.15, -0.1) is 11.3 Å². The number of hydroxylamine groups is 1. The maximum Gasteiger partial charge on any atom is 0.267 e. The van der Waals surface area contributed by atoms with Gasteiger partial charge in [0.25, 0.3) is 5.91 Å². The predicted octanol–water partition coefficient (Wildman–Crippen LogP) is 2.35. The van der Waals surface area contributed by atoms with Gasteiger partial charge in [0.1, 0.15) is 5.01 Å². The Morgan fingerprint density at radius 3 is 2.39 bits per heavy atom. The van der Waals surface area contributed by atoms with Gasteiger partial charge in [-0.05, 0) is 18.2 Å². The highest BCUT2D eigenvalue weighted by molar-refractivity contribution is 7.15. The normalized spacial score (nSPS) is 10.6. The van der Waals surface area contributed by atoms with Crippen LogP contribution in [-0.2, 0) is 4.79 Å². The molecular formula is C15H16N2O5S. The molecule has 0 aliphatic carbocycles. The van der Waals surface area contributed by atoms with Crippen LogP contribution in [0.3, 0.4) is 0 Å². The summed E-state index contributed by atoms with van der Waals surface area (Å²) in [5.41, 5.74) is 2.33. The fourth-order valence-electron chi connectivity index (χ4n) is 1.90. The van der Waals surface area contributed by atoms with E-state index in [4.69, 9.17) is 19.4 Å². The van der Waals surface area contributed by atoms with E-state index in [0.29, 0.717) is 17.2 Å². The monoisotopic (exact) mass is 336 g/mol. The molecule has 8 heteroatoms. The standard InChI is InChI=1S/C15H16N2O5S/c1-20-11-6-9(7-12(21-2)14(11)22-3)15-16-8-10(23-15)4-5-13(18)17-19/h4-8,19H,1-3H3,(H,17,18)/b5-4+. The lowest BCUT2D eigenvalue weighted by Crippen LogP contribution is -2.14. The van der Waals surface area contributed by atoms with E-state index in [9.17, 15) is 4.79 Å². The highest BCUT2D eigenvalue weighted by Crippen LogP contribution is 2.41. The Bertz CT molecular complexity index is 701. The van der Waals surface area contributed by atoms with E-state index in [0.717, 1.165) is 15.4 Å². The minimum Gasteiger partial charge on any atom is -0.493 e. The summed E-state index contributed by atoms with van der Waals surface area (Å²) in [6.07, 6.45) is 4.40. The van der Waals surface area contributed by atoms with E-state index in [2.05, 4.69) is 4.98 Å². The number of ether oxygens (including phenoxy) is 3. The summed E-state index contributed by atoms with van der Waals surface area (Å²) in [5, 5.41) is 9.19. The second-order valence-electron chi connectivity index (χ2n) is 4.29. The number of benzene rings is 1. The average molecular weight is 336 g/mol. The van der Waals surface area contributed by atoms with Gasteiger partial charge in [-0.3, -0.25) is 10.0 Å². The number of amides is 1. The zero-order valence-electron chi connectivity index (χ0n) is 12.8. The van der Waals surface area contributed by atoms with Crippen molar-refractivity contribution < 1.29 is 24.2 Å². The number of hydrogen-bond donors (Lipinski definition) is 2. The van der Waals surface area contributed by atoms with E-state index >= 15 is 0 Å². The van der Waals surface area contributed by atoms with Gasteiger partial charge in [0, 0.05) is 22.7 Å². The van der Waals surface area contributed by atoms with Crippen LogP contribution in [0.1, 0.15) is 4.88 Å². The van der Waals surface area contributed by atoms with Crippen LogP contribution >= 0.6 is 11.3 Å². The Balaban J connectivity index is 2.37. The van der Waals surface area contributed by atoms with Crippen molar-refractivity contribution in [2.75, 3.05) is 21.3 Å². The molecule has 0 bridgehead atoms. The largest absolute Gasteiger partial charge is 0.493 e. The third kappa shape index (κ3) is 3.79. The molecule has 2 aromatic rings. The number of carbonyl (C=O) groups excluding carboxylic acids is 1. The van der Waals surface area contributed by atoms with Crippen molar-refractivity contribution in [3.8, 4) is 27.8 Å². The Hall–Kier alpha value is -2.58. The van der Waals surface area contributed by atoms with Crippen LogP contribution in [0.25, 0.3) is 16.6 Å². The van der Waals surface area contributed by atoms with Gasteiger partial charge in [0.2, 0.25) is 5.75 Å². The molecule has 0 saturated carbocycles. The van der Waals surface area contributed by atoms with Crippen LogP contribution < -0.4 is 19.7 Å². The number of hydrogen-bond acceptors (Lipinski definition) is 7. The second kappa shape index (κ2) is 7.61. The minimum absolute atomic E-state index is 0.509. The number of thiazole rings is 1. The summed E-state index contributed by atoms with van der Waals surface area (Å²) >= 11 is 1.38. The van der Waals surface area contributed by atoms with Crippen LogP contribution in [0.15, 0.2) is 24.4 Å². The van der Waals surface area contributed by atoms with Crippen molar-refractivity contribution >= 4 is 23.3 Å². The summed E-state index contributed by atoms with van der Waals surface area (Å²) < 4.78 is 15.9. The quantitative estimate of drug-likeness (QED) is 0.478. The predicted molar refractivity (Wildman–Crippen MR) is 86.2 cm³/mol. The Labute approximate surface area is 137 Å². The van der Waals surface area contributed by atoms with Crippen LogP contribution in [0.4, 0.5) is 0 Å². The van der Waals surface area contributed by atoms with Crippen LogP contribution in [0.2, 0.25) is 0 Å². The van der Waals surface area contributed by atoms with Crippen molar-refractivity contribution in [3.05, 3.63) is 29.3 Å². The van der Waals surface area contributed by atoms with Crippen molar-refractivity contribution in [3.63, 3.8) is 0 Å². The topological polar surface area (TPSA) is 89.9 Å². The number of methoxy groups -OCH3 is 3. The fourth-order valence-corrected chi connectivity index (χ4v) is 2.70. The van der Waals surface area contributed by atoms with Gasteiger partial charge in [-0.2, -0.15) is 0 Å². The molecule has 0 radical (unpaired) electrons. The highest BCUT2D eigenvalue weighted by atomic mass is 32.1. The van der Waals surface area contributed by atoms with E-state index in [1.165, 1.54) is 22.9 Å². The maximum absolute atomic E-state index is 11.0.